The Bertz CT molecular complexity index is 767. The van der Waals surface area contributed by atoms with Crippen molar-refractivity contribution in [3.05, 3.63) is 75.3 Å². The predicted molar refractivity (Wildman–Crippen MR) is 97.5 cm³/mol. The zero-order valence-corrected chi connectivity index (χ0v) is 14.4. The molecular formula is C18H20ClN3O3. The van der Waals surface area contributed by atoms with E-state index < -0.39 is 4.92 Å². The fourth-order valence-corrected chi connectivity index (χ4v) is 3.01. The third-order valence-electron chi connectivity index (χ3n) is 4.39. The van der Waals surface area contributed by atoms with Crippen LogP contribution >= 0.6 is 12.4 Å². The Labute approximate surface area is 152 Å². The van der Waals surface area contributed by atoms with Crippen LogP contribution in [0.1, 0.15) is 29.2 Å². The Hall–Kier alpha value is -2.44. The van der Waals surface area contributed by atoms with Crippen LogP contribution in [-0.2, 0) is 17.8 Å². The Balaban J connectivity index is 0.00000225. The number of amides is 1. The Morgan fingerprint density at radius 2 is 1.92 bits per heavy atom. The molecule has 1 unspecified atom stereocenters. The van der Waals surface area contributed by atoms with Crippen molar-refractivity contribution >= 4 is 24.0 Å². The van der Waals surface area contributed by atoms with E-state index in [-0.39, 0.29) is 36.5 Å². The van der Waals surface area contributed by atoms with Gasteiger partial charge in [0.2, 0.25) is 5.91 Å². The Kier molecular flexibility index (Phi) is 6.12. The molecule has 25 heavy (non-hydrogen) atoms. The first-order valence-electron chi connectivity index (χ1n) is 7.89. The van der Waals surface area contributed by atoms with Crippen LogP contribution in [0.4, 0.5) is 5.69 Å². The van der Waals surface area contributed by atoms with E-state index in [1.165, 1.54) is 6.07 Å². The number of nitro groups is 1. The van der Waals surface area contributed by atoms with Crippen molar-refractivity contribution in [2.75, 3.05) is 6.54 Å². The maximum Gasteiger partial charge on any atom is 0.269 e. The lowest BCUT2D eigenvalue weighted by molar-refractivity contribution is -0.385. The SMILES string of the molecule is Cl.NC(CC(=O)N1CCc2ccc([N+](=O)[O-])cc2C1)c1ccccc1. The number of benzene rings is 2. The summed E-state index contributed by atoms with van der Waals surface area (Å²) in [7, 11) is 0. The van der Waals surface area contributed by atoms with Crippen molar-refractivity contribution in [1.82, 2.24) is 4.90 Å². The molecular weight excluding hydrogens is 342 g/mol. The first-order valence-corrected chi connectivity index (χ1v) is 7.89. The molecule has 132 valence electrons. The quantitative estimate of drug-likeness (QED) is 0.669. The molecule has 1 aliphatic heterocycles. The van der Waals surface area contributed by atoms with Crippen LogP contribution in [-0.4, -0.2) is 22.3 Å². The first-order chi connectivity index (χ1) is 11.5. The lowest BCUT2D eigenvalue weighted by atomic mass is 9.98. The molecule has 2 aromatic rings. The number of fused-ring (bicyclic) bond motifs is 1. The van der Waals surface area contributed by atoms with E-state index in [1.54, 1.807) is 17.0 Å². The molecule has 3 rings (SSSR count). The summed E-state index contributed by atoms with van der Waals surface area (Å²) >= 11 is 0. The Morgan fingerprint density at radius 3 is 2.60 bits per heavy atom. The zero-order chi connectivity index (χ0) is 17.1. The third-order valence-corrected chi connectivity index (χ3v) is 4.39. The number of halogens is 1. The highest BCUT2D eigenvalue weighted by molar-refractivity contribution is 5.85. The molecule has 0 bridgehead atoms. The minimum atomic E-state index is -0.410. The fourth-order valence-electron chi connectivity index (χ4n) is 3.01. The van der Waals surface area contributed by atoms with Crippen molar-refractivity contribution in [3.8, 4) is 0 Å². The van der Waals surface area contributed by atoms with E-state index in [0.29, 0.717) is 19.5 Å². The number of nitrogens with two attached hydrogens (primary N) is 1. The smallest absolute Gasteiger partial charge is 0.269 e. The molecule has 1 aliphatic rings. The summed E-state index contributed by atoms with van der Waals surface area (Å²) in [6.45, 7) is 1.02. The minimum absolute atomic E-state index is 0. The van der Waals surface area contributed by atoms with Crippen molar-refractivity contribution in [1.29, 1.82) is 0 Å². The van der Waals surface area contributed by atoms with E-state index in [4.69, 9.17) is 5.73 Å². The van der Waals surface area contributed by atoms with Crippen LogP contribution in [0.25, 0.3) is 0 Å². The van der Waals surface area contributed by atoms with Crippen molar-refractivity contribution in [2.24, 2.45) is 5.73 Å². The summed E-state index contributed by atoms with van der Waals surface area (Å²) in [5.74, 6) is -0.0245. The average molecular weight is 362 g/mol. The van der Waals surface area contributed by atoms with E-state index in [0.717, 1.165) is 16.7 Å². The van der Waals surface area contributed by atoms with Gasteiger partial charge in [-0.15, -0.1) is 12.4 Å². The first kappa shape index (κ1) is 18.9. The van der Waals surface area contributed by atoms with Gasteiger partial charge in [-0.2, -0.15) is 0 Å². The van der Waals surface area contributed by atoms with Gasteiger partial charge in [-0.25, -0.2) is 0 Å². The number of non-ortho nitro benzene ring substituents is 1. The van der Waals surface area contributed by atoms with Crippen LogP contribution in [0, 0.1) is 10.1 Å². The number of rotatable bonds is 4. The van der Waals surface area contributed by atoms with Crippen LogP contribution < -0.4 is 5.73 Å². The van der Waals surface area contributed by atoms with Gasteiger partial charge in [0.15, 0.2) is 0 Å². The summed E-state index contributed by atoms with van der Waals surface area (Å²) in [5, 5.41) is 10.9. The average Bonchev–Trinajstić information content (AvgIpc) is 2.61. The molecule has 0 radical (unpaired) electrons. The van der Waals surface area contributed by atoms with Gasteiger partial charge in [0, 0.05) is 37.7 Å². The molecule has 0 aromatic heterocycles. The second kappa shape index (κ2) is 8.09. The summed E-state index contributed by atoms with van der Waals surface area (Å²) in [4.78, 5) is 24.8. The molecule has 2 N–H and O–H groups in total. The molecule has 0 saturated heterocycles. The molecule has 0 saturated carbocycles. The van der Waals surface area contributed by atoms with Gasteiger partial charge in [0.1, 0.15) is 0 Å². The maximum atomic E-state index is 12.5. The van der Waals surface area contributed by atoms with E-state index >= 15 is 0 Å². The second-order valence-corrected chi connectivity index (χ2v) is 6.00. The predicted octanol–water partition coefficient (Wildman–Crippen LogP) is 2.99. The molecule has 0 fully saturated rings. The number of carbonyl (C=O) groups excluding carboxylic acids is 1. The highest BCUT2D eigenvalue weighted by atomic mass is 35.5. The summed E-state index contributed by atoms with van der Waals surface area (Å²) in [6.07, 6.45) is 0.938. The monoisotopic (exact) mass is 361 g/mol. The van der Waals surface area contributed by atoms with Gasteiger partial charge in [0.25, 0.3) is 5.69 Å². The Morgan fingerprint density at radius 1 is 1.20 bits per heavy atom. The van der Waals surface area contributed by atoms with Gasteiger partial charge in [-0.05, 0) is 23.1 Å². The van der Waals surface area contributed by atoms with Crippen LogP contribution in [0.5, 0.6) is 0 Å². The number of hydrogen-bond acceptors (Lipinski definition) is 4. The van der Waals surface area contributed by atoms with Crippen LogP contribution in [0.2, 0.25) is 0 Å². The highest BCUT2D eigenvalue weighted by Gasteiger charge is 2.24. The van der Waals surface area contributed by atoms with Crippen molar-refractivity contribution in [3.63, 3.8) is 0 Å². The zero-order valence-electron chi connectivity index (χ0n) is 13.6. The second-order valence-electron chi connectivity index (χ2n) is 6.00. The van der Waals surface area contributed by atoms with E-state index in [2.05, 4.69) is 0 Å². The summed E-state index contributed by atoms with van der Waals surface area (Å²) in [5.41, 5.74) is 9.02. The van der Waals surface area contributed by atoms with E-state index in [1.807, 2.05) is 30.3 Å². The molecule has 1 amide bonds. The van der Waals surface area contributed by atoms with E-state index in [9.17, 15) is 14.9 Å². The third kappa shape index (κ3) is 4.35. The van der Waals surface area contributed by atoms with Gasteiger partial charge >= 0.3 is 0 Å². The van der Waals surface area contributed by atoms with Gasteiger partial charge in [-0.3, -0.25) is 14.9 Å². The van der Waals surface area contributed by atoms with Gasteiger partial charge in [0.05, 0.1) is 4.92 Å². The standard InChI is InChI=1S/C18H19N3O3.ClH/c19-17(14-4-2-1-3-5-14)11-18(22)20-9-8-13-6-7-16(21(23)24)10-15(13)12-20;/h1-7,10,17H,8-9,11-12,19H2;1H. The van der Waals surface area contributed by atoms with Crippen molar-refractivity contribution < 1.29 is 9.72 Å². The molecule has 0 aliphatic carbocycles. The maximum absolute atomic E-state index is 12.5. The number of carbonyl (C=O) groups is 1. The topological polar surface area (TPSA) is 89.5 Å². The minimum Gasteiger partial charge on any atom is -0.338 e. The highest BCUT2D eigenvalue weighted by Crippen LogP contribution is 2.25. The number of hydrogen-bond donors (Lipinski definition) is 1. The van der Waals surface area contributed by atoms with Crippen LogP contribution in [0.15, 0.2) is 48.5 Å². The van der Waals surface area contributed by atoms with Crippen LogP contribution in [0.3, 0.4) is 0 Å². The number of nitrogens with zero attached hydrogens (tertiary/aromatic N) is 2. The molecule has 1 atom stereocenters. The molecule has 7 heteroatoms. The van der Waals surface area contributed by atoms with Gasteiger partial charge < -0.3 is 10.6 Å². The van der Waals surface area contributed by atoms with Gasteiger partial charge in [-0.1, -0.05) is 36.4 Å². The summed E-state index contributed by atoms with van der Waals surface area (Å²) in [6, 6.07) is 14.0. The fraction of sp³-hybridized carbons (Fsp3) is 0.278. The van der Waals surface area contributed by atoms with Crippen molar-refractivity contribution in [2.45, 2.75) is 25.4 Å². The summed E-state index contributed by atoms with van der Waals surface area (Å²) < 4.78 is 0. The number of nitro benzene ring substituents is 1. The normalized spacial score (nSPS) is 14.2. The largest absolute Gasteiger partial charge is 0.338 e. The lowest BCUT2D eigenvalue weighted by Crippen LogP contribution is -2.37. The molecule has 6 nitrogen and oxygen atoms in total. The molecule has 1 heterocycles. The molecule has 2 aromatic carbocycles. The lowest BCUT2D eigenvalue weighted by Gasteiger charge is -2.29. The molecule has 0 spiro atoms.